The summed E-state index contributed by atoms with van der Waals surface area (Å²) in [5.41, 5.74) is 4.43. The Hall–Kier alpha value is -2.86. The highest BCUT2D eigenvalue weighted by atomic mass is 16.5. The van der Waals surface area contributed by atoms with E-state index in [1.807, 2.05) is 62.5 Å². The number of aromatic nitrogens is 2. The summed E-state index contributed by atoms with van der Waals surface area (Å²) in [5.74, 6) is 6.91. The van der Waals surface area contributed by atoms with Crippen molar-refractivity contribution in [1.29, 1.82) is 0 Å². The second-order valence-electron chi connectivity index (χ2n) is 4.80. The quantitative estimate of drug-likeness (QED) is 0.634. The molecule has 0 unspecified atom stereocenters. The van der Waals surface area contributed by atoms with Gasteiger partial charge in [0.25, 0.3) is 0 Å². The van der Waals surface area contributed by atoms with Gasteiger partial charge in [-0.2, -0.15) is 0 Å². The summed E-state index contributed by atoms with van der Waals surface area (Å²) in [7, 11) is 0. The van der Waals surface area contributed by atoms with E-state index in [4.69, 9.17) is 4.52 Å². The average Bonchev–Trinajstić information content (AvgIpc) is 2.89. The molecule has 21 heavy (non-hydrogen) atoms. The first-order chi connectivity index (χ1) is 10.2. The van der Waals surface area contributed by atoms with E-state index in [1.165, 1.54) is 0 Å². The molecule has 3 rings (SSSR count). The first-order valence-electron chi connectivity index (χ1n) is 6.70. The lowest BCUT2D eigenvalue weighted by molar-refractivity contribution is 0.399. The minimum absolute atomic E-state index is 0.716. The van der Waals surface area contributed by atoms with Gasteiger partial charge in [-0.3, -0.25) is 0 Å². The molecule has 3 aromatic rings. The van der Waals surface area contributed by atoms with E-state index in [0.29, 0.717) is 5.76 Å². The van der Waals surface area contributed by atoms with Gasteiger partial charge in [0, 0.05) is 11.8 Å². The summed E-state index contributed by atoms with van der Waals surface area (Å²) in [6, 6.07) is 13.8. The van der Waals surface area contributed by atoms with Gasteiger partial charge in [-0.1, -0.05) is 47.5 Å². The second-order valence-corrected chi connectivity index (χ2v) is 4.80. The third kappa shape index (κ3) is 2.85. The first-order valence-corrected chi connectivity index (χ1v) is 6.70. The fourth-order valence-electron chi connectivity index (χ4n) is 1.98. The monoisotopic (exact) mass is 274 g/mol. The first kappa shape index (κ1) is 13.1. The van der Waals surface area contributed by atoms with Crippen LogP contribution in [-0.4, -0.2) is 10.1 Å². The lowest BCUT2D eigenvalue weighted by Crippen LogP contribution is -1.85. The molecule has 1 aromatic carbocycles. The molecule has 0 saturated carbocycles. The maximum Gasteiger partial charge on any atom is 0.149 e. The molecular formula is C18H14N2O. The van der Waals surface area contributed by atoms with Gasteiger partial charge in [-0.25, -0.2) is 4.98 Å². The summed E-state index contributed by atoms with van der Waals surface area (Å²) >= 11 is 0. The van der Waals surface area contributed by atoms with Crippen LogP contribution in [0.3, 0.4) is 0 Å². The average molecular weight is 274 g/mol. The van der Waals surface area contributed by atoms with Crippen LogP contribution in [0.1, 0.15) is 22.6 Å². The SMILES string of the molecule is Cc1ccc(C#Cc2c(-c3ccccc3)noc2C)nc1. The molecule has 0 saturated heterocycles. The van der Waals surface area contributed by atoms with E-state index < -0.39 is 0 Å². The number of hydrogen-bond donors (Lipinski definition) is 0. The molecule has 0 N–H and O–H groups in total. The van der Waals surface area contributed by atoms with Crippen LogP contribution in [0.25, 0.3) is 11.3 Å². The van der Waals surface area contributed by atoms with Crippen LogP contribution in [0, 0.1) is 25.7 Å². The summed E-state index contributed by atoms with van der Waals surface area (Å²) < 4.78 is 5.28. The minimum Gasteiger partial charge on any atom is -0.360 e. The number of benzene rings is 1. The van der Waals surface area contributed by atoms with Gasteiger partial charge >= 0.3 is 0 Å². The molecule has 0 aliphatic rings. The van der Waals surface area contributed by atoms with Crippen molar-refractivity contribution in [3.05, 3.63) is 71.2 Å². The van der Waals surface area contributed by atoms with Gasteiger partial charge in [0.15, 0.2) is 0 Å². The third-order valence-electron chi connectivity index (χ3n) is 3.14. The number of nitrogens with zero attached hydrogens (tertiary/aromatic N) is 2. The van der Waals surface area contributed by atoms with Crippen LogP contribution in [0.5, 0.6) is 0 Å². The summed E-state index contributed by atoms with van der Waals surface area (Å²) in [5, 5.41) is 4.11. The Balaban J connectivity index is 2.01. The van der Waals surface area contributed by atoms with Crippen LogP contribution in [0.15, 0.2) is 53.2 Å². The zero-order valence-electron chi connectivity index (χ0n) is 11.9. The van der Waals surface area contributed by atoms with E-state index >= 15 is 0 Å². The van der Waals surface area contributed by atoms with Crippen molar-refractivity contribution in [3.63, 3.8) is 0 Å². The Morgan fingerprint density at radius 3 is 2.48 bits per heavy atom. The molecule has 2 heterocycles. The molecule has 102 valence electrons. The molecule has 0 amide bonds. The highest BCUT2D eigenvalue weighted by molar-refractivity contribution is 5.68. The van der Waals surface area contributed by atoms with Crippen LogP contribution in [0.4, 0.5) is 0 Å². The topological polar surface area (TPSA) is 38.9 Å². The molecular weight excluding hydrogens is 260 g/mol. The van der Waals surface area contributed by atoms with Crippen molar-refractivity contribution in [1.82, 2.24) is 10.1 Å². The summed E-state index contributed by atoms with van der Waals surface area (Å²) in [4.78, 5) is 4.29. The largest absolute Gasteiger partial charge is 0.360 e. The van der Waals surface area contributed by atoms with Crippen molar-refractivity contribution in [2.24, 2.45) is 0 Å². The number of pyridine rings is 1. The molecule has 3 nitrogen and oxygen atoms in total. The van der Waals surface area contributed by atoms with Crippen LogP contribution >= 0.6 is 0 Å². The van der Waals surface area contributed by atoms with E-state index in [1.54, 1.807) is 0 Å². The zero-order valence-corrected chi connectivity index (χ0v) is 11.9. The lowest BCUT2D eigenvalue weighted by atomic mass is 10.1. The highest BCUT2D eigenvalue weighted by Crippen LogP contribution is 2.24. The predicted octanol–water partition coefficient (Wildman–Crippen LogP) is 3.75. The zero-order chi connectivity index (χ0) is 14.7. The van der Waals surface area contributed by atoms with Gasteiger partial charge in [0.2, 0.25) is 0 Å². The Bertz CT molecular complexity index is 806. The maximum absolute atomic E-state index is 5.28. The summed E-state index contributed by atoms with van der Waals surface area (Å²) in [6.45, 7) is 3.87. The molecule has 0 aliphatic heterocycles. The second kappa shape index (κ2) is 5.64. The van der Waals surface area contributed by atoms with E-state index in [0.717, 1.165) is 28.1 Å². The van der Waals surface area contributed by atoms with Crippen molar-refractivity contribution in [3.8, 4) is 23.1 Å². The van der Waals surface area contributed by atoms with Crippen molar-refractivity contribution in [2.75, 3.05) is 0 Å². The Kier molecular flexibility index (Phi) is 3.53. The smallest absolute Gasteiger partial charge is 0.149 e. The maximum atomic E-state index is 5.28. The van der Waals surface area contributed by atoms with Gasteiger partial charge in [-0.15, -0.1) is 0 Å². The predicted molar refractivity (Wildman–Crippen MR) is 81.6 cm³/mol. The molecule has 2 aromatic heterocycles. The number of aryl methyl sites for hydroxylation is 2. The van der Waals surface area contributed by atoms with Gasteiger partial charge in [0.05, 0.1) is 5.56 Å². The normalized spacial score (nSPS) is 10.0. The lowest BCUT2D eigenvalue weighted by Gasteiger charge is -1.95. The molecule has 3 heteroatoms. The van der Waals surface area contributed by atoms with Crippen LogP contribution in [0.2, 0.25) is 0 Å². The Morgan fingerprint density at radius 1 is 0.952 bits per heavy atom. The molecule has 0 aliphatic carbocycles. The van der Waals surface area contributed by atoms with E-state index in [9.17, 15) is 0 Å². The molecule has 0 fully saturated rings. The standard InChI is InChI=1S/C18H14N2O/c1-13-8-9-16(19-12-13)10-11-17-14(2)21-20-18(17)15-6-4-3-5-7-15/h3-9,12H,1-2H3. The fraction of sp³-hybridized carbons (Fsp3) is 0.111. The summed E-state index contributed by atoms with van der Waals surface area (Å²) in [6.07, 6.45) is 1.81. The van der Waals surface area contributed by atoms with Gasteiger partial charge < -0.3 is 4.52 Å². The van der Waals surface area contributed by atoms with E-state index in [2.05, 4.69) is 22.0 Å². The fourth-order valence-corrected chi connectivity index (χ4v) is 1.98. The van der Waals surface area contributed by atoms with Crippen LogP contribution in [-0.2, 0) is 0 Å². The molecule has 0 spiro atoms. The van der Waals surface area contributed by atoms with E-state index in [-0.39, 0.29) is 0 Å². The van der Waals surface area contributed by atoms with Crippen LogP contribution < -0.4 is 0 Å². The highest BCUT2D eigenvalue weighted by Gasteiger charge is 2.12. The van der Waals surface area contributed by atoms with Gasteiger partial charge in [0.1, 0.15) is 17.1 Å². The molecule has 0 atom stereocenters. The van der Waals surface area contributed by atoms with Crippen molar-refractivity contribution >= 4 is 0 Å². The minimum atomic E-state index is 0.716. The molecule has 0 radical (unpaired) electrons. The van der Waals surface area contributed by atoms with Crippen molar-refractivity contribution in [2.45, 2.75) is 13.8 Å². The Labute approximate surface area is 123 Å². The third-order valence-corrected chi connectivity index (χ3v) is 3.14. The Morgan fingerprint density at radius 2 is 1.76 bits per heavy atom. The molecule has 0 bridgehead atoms. The van der Waals surface area contributed by atoms with Gasteiger partial charge in [-0.05, 0) is 31.4 Å². The number of hydrogen-bond acceptors (Lipinski definition) is 3. The number of rotatable bonds is 1. The van der Waals surface area contributed by atoms with Crippen molar-refractivity contribution < 1.29 is 4.52 Å².